The molecule has 0 aliphatic rings. The van der Waals surface area contributed by atoms with E-state index in [1.54, 1.807) is 6.26 Å². The van der Waals surface area contributed by atoms with E-state index in [1.807, 2.05) is 6.92 Å². The monoisotopic (exact) mass is 128 g/mol. The summed E-state index contributed by atoms with van der Waals surface area (Å²) in [4.78, 5) is 0. The highest BCUT2D eigenvalue weighted by Gasteiger charge is 1.85. The maximum Gasteiger partial charge on any atom is 0.0845 e. The summed E-state index contributed by atoms with van der Waals surface area (Å²) in [6, 6.07) is 0. The van der Waals surface area contributed by atoms with Crippen molar-refractivity contribution in [2.45, 2.75) is 27.2 Å². The Balaban J connectivity index is 3.04. The first-order chi connectivity index (χ1) is 4.27. The van der Waals surface area contributed by atoms with Crippen LogP contribution in [0.25, 0.3) is 0 Å². The molecule has 0 aliphatic carbocycles. The van der Waals surface area contributed by atoms with E-state index < -0.39 is 0 Å². The fourth-order valence-electron chi connectivity index (χ4n) is 0.492. The molecule has 0 aromatic carbocycles. The van der Waals surface area contributed by atoms with Gasteiger partial charge in [0.05, 0.1) is 12.9 Å². The van der Waals surface area contributed by atoms with Crippen LogP contribution in [0.2, 0.25) is 0 Å². The van der Waals surface area contributed by atoms with Crippen LogP contribution < -0.4 is 0 Å². The molecule has 0 aromatic heterocycles. The summed E-state index contributed by atoms with van der Waals surface area (Å²) in [5.41, 5.74) is 0. The molecule has 0 rings (SSSR count). The zero-order chi connectivity index (χ0) is 7.11. The lowest BCUT2D eigenvalue weighted by Crippen LogP contribution is -1.82. The topological polar surface area (TPSA) is 9.23 Å². The van der Waals surface area contributed by atoms with Gasteiger partial charge in [-0.1, -0.05) is 13.8 Å². The average Bonchev–Trinajstić information content (AvgIpc) is 1.80. The summed E-state index contributed by atoms with van der Waals surface area (Å²) in [7, 11) is 0. The fourth-order valence-corrected chi connectivity index (χ4v) is 0.492. The van der Waals surface area contributed by atoms with Crippen LogP contribution in [0.1, 0.15) is 27.2 Å². The molecule has 0 saturated heterocycles. The summed E-state index contributed by atoms with van der Waals surface area (Å²) in [6.07, 6.45) is 4.95. The van der Waals surface area contributed by atoms with Gasteiger partial charge < -0.3 is 4.74 Å². The van der Waals surface area contributed by atoms with Gasteiger partial charge in [0.15, 0.2) is 0 Å². The lowest BCUT2D eigenvalue weighted by Gasteiger charge is -1.96. The van der Waals surface area contributed by atoms with Crippen molar-refractivity contribution in [1.29, 1.82) is 0 Å². The first kappa shape index (κ1) is 8.54. The number of hydrogen-bond donors (Lipinski definition) is 0. The molecule has 54 valence electrons. The standard InChI is InChI=1S/C8H16O/c1-4-9-7-5-6-8(2)3/h5,7-8H,4,6H2,1-3H3. The molecule has 0 N–H and O–H groups in total. The van der Waals surface area contributed by atoms with Crippen molar-refractivity contribution < 1.29 is 4.74 Å². The third kappa shape index (κ3) is 7.54. The van der Waals surface area contributed by atoms with Crippen molar-refractivity contribution in [2.75, 3.05) is 6.61 Å². The Morgan fingerprint density at radius 3 is 2.56 bits per heavy atom. The average molecular weight is 128 g/mol. The second-order valence-electron chi connectivity index (χ2n) is 2.46. The number of hydrogen-bond acceptors (Lipinski definition) is 1. The van der Waals surface area contributed by atoms with Crippen LogP contribution in [0, 0.1) is 5.92 Å². The smallest absolute Gasteiger partial charge is 0.0845 e. The van der Waals surface area contributed by atoms with Crippen LogP contribution in [0.5, 0.6) is 0 Å². The van der Waals surface area contributed by atoms with Crippen LogP contribution in [-0.2, 0) is 4.74 Å². The predicted molar refractivity (Wildman–Crippen MR) is 40.2 cm³/mol. The van der Waals surface area contributed by atoms with Gasteiger partial charge in [-0.3, -0.25) is 0 Å². The van der Waals surface area contributed by atoms with Gasteiger partial charge in [0.2, 0.25) is 0 Å². The molecule has 0 radical (unpaired) electrons. The molecular weight excluding hydrogens is 112 g/mol. The highest BCUT2D eigenvalue weighted by Crippen LogP contribution is 1.99. The van der Waals surface area contributed by atoms with E-state index in [4.69, 9.17) is 4.74 Å². The first-order valence-corrected chi connectivity index (χ1v) is 3.54. The molecule has 1 nitrogen and oxygen atoms in total. The van der Waals surface area contributed by atoms with Crippen molar-refractivity contribution in [2.24, 2.45) is 5.92 Å². The second kappa shape index (κ2) is 5.67. The Labute approximate surface area is 57.7 Å². The SMILES string of the molecule is CCOC=CCC(C)C. The van der Waals surface area contributed by atoms with E-state index in [0.29, 0.717) is 0 Å². The highest BCUT2D eigenvalue weighted by atomic mass is 16.5. The molecule has 0 atom stereocenters. The fraction of sp³-hybridized carbons (Fsp3) is 0.750. The van der Waals surface area contributed by atoms with Gasteiger partial charge in [-0.2, -0.15) is 0 Å². The van der Waals surface area contributed by atoms with Crippen LogP contribution in [-0.4, -0.2) is 6.61 Å². The van der Waals surface area contributed by atoms with Crippen LogP contribution in [0.15, 0.2) is 12.3 Å². The van der Waals surface area contributed by atoms with Gasteiger partial charge in [0.25, 0.3) is 0 Å². The molecule has 0 unspecified atom stereocenters. The predicted octanol–water partition coefficient (Wildman–Crippen LogP) is 2.58. The molecular formula is C8H16O. The molecule has 0 amide bonds. The maximum atomic E-state index is 5.00. The van der Waals surface area contributed by atoms with Gasteiger partial charge in [-0.15, -0.1) is 0 Å². The summed E-state index contributed by atoms with van der Waals surface area (Å²) in [6.45, 7) is 7.14. The number of allylic oxidation sites excluding steroid dienone is 1. The van der Waals surface area contributed by atoms with E-state index in [2.05, 4.69) is 19.9 Å². The minimum atomic E-state index is 0.738. The minimum Gasteiger partial charge on any atom is -0.502 e. The lowest BCUT2D eigenvalue weighted by atomic mass is 10.1. The Hall–Kier alpha value is -0.460. The molecule has 0 fully saturated rings. The Bertz CT molecular complexity index is 74.6. The normalized spacial score (nSPS) is 11.1. The van der Waals surface area contributed by atoms with Crippen molar-refractivity contribution in [3.05, 3.63) is 12.3 Å². The quantitative estimate of drug-likeness (QED) is 0.529. The minimum absolute atomic E-state index is 0.738. The third-order valence-corrected chi connectivity index (χ3v) is 0.967. The summed E-state index contributed by atoms with van der Waals surface area (Å²) in [5, 5.41) is 0. The van der Waals surface area contributed by atoms with E-state index >= 15 is 0 Å². The Morgan fingerprint density at radius 1 is 1.44 bits per heavy atom. The summed E-state index contributed by atoms with van der Waals surface area (Å²) in [5.74, 6) is 0.738. The van der Waals surface area contributed by atoms with Gasteiger partial charge in [0.1, 0.15) is 0 Å². The molecule has 0 saturated carbocycles. The van der Waals surface area contributed by atoms with Gasteiger partial charge in [0, 0.05) is 0 Å². The second-order valence-corrected chi connectivity index (χ2v) is 2.46. The molecule has 1 heteroatoms. The molecule has 0 bridgehead atoms. The van der Waals surface area contributed by atoms with Crippen LogP contribution in [0.4, 0.5) is 0 Å². The first-order valence-electron chi connectivity index (χ1n) is 3.54. The molecule has 0 heterocycles. The van der Waals surface area contributed by atoms with Crippen LogP contribution in [0.3, 0.4) is 0 Å². The summed E-state index contributed by atoms with van der Waals surface area (Å²) >= 11 is 0. The van der Waals surface area contributed by atoms with E-state index in [9.17, 15) is 0 Å². The number of rotatable bonds is 4. The molecule has 0 spiro atoms. The van der Waals surface area contributed by atoms with Crippen molar-refractivity contribution in [1.82, 2.24) is 0 Å². The highest BCUT2D eigenvalue weighted by molar-refractivity contribution is 4.74. The molecule has 0 aromatic rings. The van der Waals surface area contributed by atoms with Crippen molar-refractivity contribution in [3.63, 3.8) is 0 Å². The maximum absolute atomic E-state index is 5.00. The van der Waals surface area contributed by atoms with Crippen LogP contribution >= 0.6 is 0 Å². The largest absolute Gasteiger partial charge is 0.502 e. The Morgan fingerprint density at radius 2 is 2.11 bits per heavy atom. The lowest BCUT2D eigenvalue weighted by molar-refractivity contribution is 0.267. The number of ether oxygens (including phenoxy) is 1. The molecule has 0 aliphatic heterocycles. The van der Waals surface area contributed by atoms with Gasteiger partial charge >= 0.3 is 0 Å². The van der Waals surface area contributed by atoms with E-state index in [-0.39, 0.29) is 0 Å². The molecule has 9 heavy (non-hydrogen) atoms. The van der Waals surface area contributed by atoms with Crippen molar-refractivity contribution >= 4 is 0 Å². The Kier molecular flexibility index (Phi) is 5.38. The van der Waals surface area contributed by atoms with E-state index in [1.165, 1.54) is 0 Å². The van der Waals surface area contributed by atoms with Crippen molar-refractivity contribution in [3.8, 4) is 0 Å². The third-order valence-electron chi connectivity index (χ3n) is 0.967. The van der Waals surface area contributed by atoms with Gasteiger partial charge in [-0.05, 0) is 25.3 Å². The summed E-state index contributed by atoms with van der Waals surface area (Å²) < 4.78 is 5.00. The van der Waals surface area contributed by atoms with E-state index in [0.717, 1.165) is 18.9 Å². The zero-order valence-corrected chi connectivity index (χ0v) is 6.55. The van der Waals surface area contributed by atoms with Gasteiger partial charge in [-0.25, -0.2) is 0 Å². The zero-order valence-electron chi connectivity index (χ0n) is 6.55.